The highest BCUT2D eigenvalue weighted by Crippen LogP contribution is 1.98. The van der Waals surface area contributed by atoms with E-state index in [4.69, 9.17) is 5.73 Å². The van der Waals surface area contributed by atoms with Crippen LogP contribution in [0.3, 0.4) is 0 Å². The van der Waals surface area contributed by atoms with E-state index in [1.165, 1.54) is 12.3 Å². The Kier molecular flexibility index (Phi) is 1.86. The first kappa shape index (κ1) is 7.01. The number of carbonyl (C=O) groups is 1. The molecule has 4 nitrogen and oxygen atoms in total. The van der Waals surface area contributed by atoms with Crippen LogP contribution in [0.1, 0.15) is 10.6 Å². The molecule has 0 aliphatic carbocycles. The first-order valence-electron chi connectivity index (χ1n) is 2.52. The number of nitrogens with zero attached hydrogens (tertiary/aromatic N) is 2. The number of hydrogen-bond donors (Lipinski definition) is 2. The van der Waals surface area contributed by atoms with Crippen molar-refractivity contribution in [3.05, 3.63) is 18.1 Å². The van der Waals surface area contributed by atoms with Crippen molar-refractivity contribution in [3.63, 3.8) is 0 Å². The van der Waals surface area contributed by atoms with E-state index < -0.39 is 5.12 Å². The molecule has 0 fully saturated rings. The molecule has 0 aromatic carbocycles. The van der Waals surface area contributed by atoms with Gasteiger partial charge in [-0.1, -0.05) is 12.6 Å². The van der Waals surface area contributed by atoms with E-state index >= 15 is 0 Å². The molecule has 0 radical (unpaired) electrons. The highest BCUT2D eigenvalue weighted by atomic mass is 32.1. The number of thiol groups is 1. The minimum Gasteiger partial charge on any atom is -0.384 e. The number of nitrogens with two attached hydrogens (primary N) is 1. The summed E-state index contributed by atoms with van der Waals surface area (Å²) >= 11 is 3.52. The van der Waals surface area contributed by atoms with Crippen LogP contribution in [-0.4, -0.2) is 15.1 Å². The molecule has 0 bridgehead atoms. The van der Waals surface area contributed by atoms with Gasteiger partial charge in [0.25, 0.3) is 5.12 Å². The fourth-order valence-electron chi connectivity index (χ4n) is 0.476. The molecule has 0 amide bonds. The zero-order valence-electron chi connectivity index (χ0n) is 4.98. The normalized spacial score (nSPS) is 9.30. The van der Waals surface area contributed by atoms with Gasteiger partial charge in [-0.3, -0.25) is 4.79 Å². The lowest BCUT2D eigenvalue weighted by molar-refractivity contribution is 0.108. The molecule has 1 heterocycles. The predicted octanol–water partition coefficient (Wildman–Crippen LogP) is 0.129. The van der Waals surface area contributed by atoms with Crippen LogP contribution in [0, 0.1) is 0 Å². The lowest BCUT2D eigenvalue weighted by Gasteiger charge is -1.92. The van der Waals surface area contributed by atoms with Crippen LogP contribution in [0.4, 0.5) is 5.82 Å². The second kappa shape index (κ2) is 2.66. The van der Waals surface area contributed by atoms with Gasteiger partial charge in [-0.2, -0.15) is 0 Å². The van der Waals surface area contributed by atoms with Gasteiger partial charge < -0.3 is 5.73 Å². The van der Waals surface area contributed by atoms with Gasteiger partial charge in [0.1, 0.15) is 5.82 Å². The maximum absolute atomic E-state index is 10.5. The Morgan fingerprint density at radius 2 is 2.40 bits per heavy atom. The highest BCUT2D eigenvalue weighted by molar-refractivity contribution is 7.97. The SMILES string of the molecule is Nc1ccnc(C(=O)S)n1. The quantitative estimate of drug-likeness (QED) is 0.565. The number of nitrogen functional groups attached to an aromatic ring is 1. The van der Waals surface area contributed by atoms with E-state index in [0.717, 1.165) is 0 Å². The molecule has 0 aliphatic rings. The van der Waals surface area contributed by atoms with Crippen LogP contribution >= 0.6 is 12.6 Å². The first-order chi connectivity index (χ1) is 4.70. The lowest BCUT2D eigenvalue weighted by Crippen LogP contribution is -2.00. The zero-order valence-corrected chi connectivity index (χ0v) is 5.88. The van der Waals surface area contributed by atoms with Gasteiger partial charge >= 0.3 is 0 Å². The van der Waals surface area contributed by atoms with Crippen molar-refractivity contribution >= 4 is 23.6 Å². The summed E-state index contributed by atoms with van der Waals surface area (Å²) in [7, 11) is 0. The molecule has 0 spiro atoms. The van der Waals surface area contributed by atoms with Crippen molar-refractivity contribution in [2.45, 2.75) is 0 Å². The molecule has 2 N–H and O–H groups in total. The zero-order chi connectivity index (χ0) is 7.56. The van der Waals surface area contributed by atoms with Crippen LogP contribution in [0.5, 0.6) is 0 Å². The Hall–Kier alpha value is -1.10. The smallest absolute Gasteiger partial charge is 0.253 e. The molecule has 1 aromatic rings. The van der Waals surface area contributed by atoms with Crippen molar-refractivity contribution in [1.29, 1.82) is 0 Å². The minimum absolute atomic E-state index is 0.0309. The Morgan fingerprint density at radius 1 is 1.70 bits per heavy atom. The Bertz CT molecular complexity index is 263. The van der Waals surface area contributed by atoms with E-state index in [9.17, 15) is 4.79 Å². The van der Waals surface area contributed by atoms with E-state index in [0.29, 0.717) is 0 Å². The Labute approximate surface area is 62.9 Å². The summed E-state index contributed by atoms with van der Waals surface area (Å²) in [5.41, 5.74) is 5.26. The van der Waals surface area contributed by atoms with Crippen molar-refractivity contribution in [2.24, 2.45) is 0 Å². The summed E-state index contributed by atoms with van der Waals surface area (Å²) in [6.07, 6.45) is 1.41. The Balaban J connectivity index is 3.07. The fourth-order valence-corrected chi connectivity index (χ4v) is 0.583. The molecule has 0 unspecified atom stereocenters. The maximum atomic E-state index is 10.5. The molecule has 0 saturated heterocycles. The predicted molar refractivity (Wildman–Crippen MR) is 39.8 cm³/mol. The summed E-state index contributed by atoms with van der Waals surface area (Å²) in [4.78, 5) is 17.7. The Morgan fingerprint density at radius 3 is 2.80 bits per heavy atom. The number of aromatic nitrogens is 2. The summed E-state index contributed by atoms with van der Waals surface area (Å²) in [5.74, 6) is 0.302. The standard InChI is InChI=1S/C5H5N3OS/c6-3-1-2-7-4(8-3)5(9)10/h1-2H,(H,9,10)(H2,6,7,8). The average molecular weight is 155 g/mol. The monoisotopic (exact) mass is 155 g/mol. The van der Waals surface area contributed by atoms with Crippen molar-refractivity contribution < 1.29 is 4.79 Å². The average Bonchev–Trinajstić information content (AvgIpc) is 1.88. The van der Waals surface area contributed by atoms with Gasteiger partial charge in [0, 0.05) is 6.20 Å². The third kappa shape index (κ3) is 1.44. The van der Waals surface area contributed by atoms with E-state index in [2.05, 4.69) is 22.6 Å². The number of rotatable bonds is 1. The summed E-state index contributed by atoms with van der Waals surface area (Å²) in [5, 5.41) is -0.479. The molecule has 1 rings (SSSR count). The lowest BCUT2D eigenvalue weighted by atomic mass is 10.5. The summed E-state index contributed by atoms with van der Waals surface area (Å²) in [6, 6.07) is 1.50. The van der Waals surface area contributed by atoms with E-state index in [1.54, 1.807) is 0 Å². The fraction of sp³-hybridized carbons (Fsp3) is 0. The van der Waals surface area contributed by atoms with Gasteiger partial charge in [0.2, 0.25) is 5.82 Å². The van der Waals surface area contributed by atoms with Crippen molar-refractivity contribution in [3.8, 4) is 0 Å². The van der Waals surface area contributed by atoms with Crippen LogP contribution in [0.2, 0.25) is 0 Å². The van der Waals surface area contributed by atoms with Crippen LogP contribution in [-0.2, 0) is 0 Å². The van der Waals surface area contributed by atoms with E-state index in [1.807, 2.05) is 0 Å². The van der Waals surface area contributed by atoms with E-state index in [-0.39, 0.29) is 11.6 Å². The molecule has 52 valence electrons. The number of hydrogen-bond acceptors (Lipinski definition) is 4. The van der Waals surface area contributed by atoms with Crippen LogP contribution in [0.15, 0.2) is 12.3 Å². The van der Waals surface area contributed by atoms with Crippen LogP contribution < -0.4 is 5.73 Å². The molecular weight excluding hydrogens is 150 g/mol. The van der Waals surface area contributed by atoms with Crippen molar-refractivity contribution in [1.82, 2.24) is 9.97 Å². The molecule has 5 heteroatoms. The van der Waals surface area contributed by atoms with Crippen molar-refractivity contribution in [2.75, 3.05) is 5.73 Å². The maximum Gasteiger partial charge on any atom is 0.253 e. The van der Waals surface area contributed by atoms with Crippen LogP contribution in [0.25, 0.3) is 0 Å². The molecular formula is C5H5N3OS. The second-order valence-electron chi connectivity index (χ2n) is 1.61. The highest BCUT2D eigenvalue weighted by Gasteiger charge is 2.01. The second-order valence-corrected chi connectivity index (χ2v) is 2.02. The molecule has 0 atom stereocenters. The van der Waals surface area contributed by atoms with Gasteiger partial charge in [-0.05, 0) is 6.07 Å². The topological polar surface area (TPSA) is 68.9 Å². The van der Waals surface area contributed by atoms with Gasteiger partial charge in [-0.15, -0.1) is 0 Å². The molecule has 10 heavy (non-hydrogen) atoms. The minimum atomic E-state index is -0.479. The summed E-state index contributed by atoms with van der Waals surface area (Å²) < 4.78 is 0. The molecule has 0 aliphatic heterocycles. The molecule has 1 aromatic heterocycles. The number of carbonyl (C=O) groups excluding carboxylic acids is 1. The van der Waals surface area contributed by atoms with Gasteiger partial charge in [-0.25, -0.2) is 9.97 Å². The van der Waals surface area contributed by atoms with Gasteiger partial charge in [0.15, 0.2) is 0 Å². The molecule has 0 saturated carbocycles. The van der Waals surface area contributed by atoms with Gasteiger partial charge in [0.05, 0.1) is 0 Å². The largest absolute Gasteiger partial charge is 0.384 e. The third-order valence-electron chi connectivity index (χ3n) is 0.868. The first-order valence-corrected chi connectivity index (χ1v) is 2.96. The summed E-state index contributed by atoms with van der Waals surface area (Å²) in [6.45, 7) is 0. The third-order valence-corrected chi connectivity index (χ3v) is 1.07. The number of anilines is 1.